The van der Waals surface area contributed by atoms with E-state index in [1.165, 1.54) is 0 Å². The highest BCUT2D eigenvalue weighted by Gasteiger charge is 2.29. The smallest absolute Gasteiger partial charge is 0.226 e. The summed E-state index contributed by atoms with van der Waals surface area (Å²) in [5.41, 5.74) is 0. The Morgan fingerprint density at radius 2 is 2.22 bits per heavy atom. The Hall–Kier alpha value is -1.36. The number of aromatic nitrogens is 2. The lowest BCUT2D eigenvalue weighted by atomic mass is 9.89. The van der Waals surface area contributed by atoms with Crippen LogP contribution in [0.1, 0.15) is 33.1 Å². The molecule has 5 nitrogen and oxygen atoms in total. The molecule has 0 aromatic carbocycles. The molecule has 1 aromatic rings. The summed E-state index contributed by atoms with van der Waals surface area (Å²) in [5.74, 6) is 1.28. The van der Waals surface area contributed by atoms with Gasteiger partial charge in [-0.25, -0.2) is 4.98 Å². The fraction of sp³-hybridized carbons (Fsp3) is 0.692. The average Bonchev–Trinajstić information content (AvgIpc) is 2.34. The van der Waals surface area contributed by atoms with Crippen LogP contribution >= 0.6 is 0 Å². The van der Waals surface area contributed by atoms with Crippen molar-refractivity contribution in [3.8, 4) is 5.88 Å². The van der Waals surface area contributed by atoms with E-state index in [1.807, 2.05) is 6.92 Å². The lowest BCUT2D eigenvalue weighted by molar-refractivity contribution is 0.00284. The molecule has 0 amide bonds. The molecule has 1 N–H and O–H groups in total. The maximum absolute atomic E-state index is 5.52. The Kier molecular flexibility index (Phi) is 4.75. The first-order valence-electron chi connectivity index (χ1n) is 6.65. The van der Waals surface area contributed by atoms with Gasteiger partial charge < -0.3 is 14.8 Å². The maximum atomic E-state index is 5.52. The van der Waals surface area contributed by atoms with Crippen LogP contribution in [0, 0.1) is 0 Å². The van der Waals surface area contributed by atoms with Gasteiger partial charge in [-0.15, -0.1) is 0 Å². The standard InChI is InChI=1S/C13H21N3O2/c1-3-7-18-12-5-6-14-13(16-12)15-10-8-11(9-10)17-4-2/h5-6,10-11H,3-4,7-9H2,1-2H3,(H,14,15,16). The van der Waals surface area contributed by atoms with Gasteiger partial charge in [0, 0.05) is 24.9 Å². The topological polar surface area (TPSA) is 56.3 Å². The predicted molar refractivity (Wildman–Crippen MR) is 69.9 cm³/mol. The van der Waals surface area contributed by atoms with E-state index >= 15 is 0 Å². The van der Waals surface area contributed by atoms with Crippen molar-refractivity contribution < 1.29 is 9.47 Å². The second kappa shape index (κ2) is 6.54. The highest BCUT2D eigenvalue weighted by Crippen LogP contribution is 2.26. The molecule has 0 bridgehead atoms. The molecule has 0 spiro atoms. The molecule has 5 heteroatoms. The first kappa shape index (κ1) is 13.1. The van der Waals surface area contributed by atoms with Crippen LogP contribution in [-0.2, 0) is 4.74 Å². The summed E-state index contributed by atoms with van der Waals surface area (Å²) in [7, 11) is 0. The zero-order chi connectivity index (χ0) is 12.8. The van der Waals surface area contributed by atoms with E-state index < -0.39 is 0 Å². The molecular formula is C13H21N3O2. The molecule has 1 aliphatic carbocycles. The van der Waals surface area contributed by atoms with Crippen molar-refractivity contribution in [3.05, 3.63) is 12.3 Å². The lowest BCUT2D eigenvalue weighted by Crippen LogP contribution is -2.41. The van der Waals surface area contributed by atoms with Crippen molar-refractivity contribution in [2.24, 2.45) is 0 Å². The number of nitrogens with zero attached hydrogens (tertiary/aromatic N) is 2. The summed E-state index contributed by atoms with van der Waals surface area (Å²) in [6.07, 6.45) is 5.14. The second-order valence-corrected chi connectivity index (χ2v) is 4.46. The van der Waals surface area contributed by atoms with Gasteiger partial charge in [-0.3, -0.25) is 0 Å². The van der Waals surface area contributed by atoms with Crippen molar-refractivity contribution in [3.63, 3.8) is 0 Å². The van der Waals surface area contributed by atoms with Gasteiger partial charge in [-0.1, -0.05) is 6.92 Å². The molecule has 1 saturated carbocycles. The van der Waals surface area contributed by atoms with Crippen molar-refractivity contribution in [1.29, 1.82) is 0 Å². The van der Waals surface area contributed by atoms with Crippen LogP contribution < -0.4 is 10.1 Å². The number of anilines is 1. The Labute approximate surface area is 108 Å². The van der Waals surface area contributed by atoms with Gasteiger partial charge >= 0.3 is 0 Å². The third-order valence-corrected chi connectivity index (χ3v) is 2.91. The van der Waals surface area contributed by atoms with Crippen LogP contribution in [0.2, 0.25) is 0 Å². The van der Waals surface area contributed by atoms with Gasteiger partial charge in [0.15, 0.2) is 0 Å². The summed E-state index contributed by atoms with van der Waals surface area (Å²) >= 11 is 0. The van der Waals surface area contributed by atoms with Crippen LogP contribution in [0.25, 0.3) is 0 Å². The lowest BCUT2D eigenvalue weighted by Gasteiger charge is -2.35. The Morgan fingerprint density at radius 3 is 2.94 bits per heavy atom. The minimum absolute atomic E-state index is 0.395. The molecular weight excluding hydrogens is 230 g/mol. The summed E-state index contributed by atoms with van der Waals surface area (Å²) < 4.78 is 11.0. The zero-order valence-corrected chi connectivity index (χ0v) is 11.1. The van der Waals surface area contributed by atoms with E-state index in [2.05, 4.69) is 22.2 Å². The molecule has 18 heavy (non-hydrogen) atoms. The van der Waals surface area contributed by atoms with Crippen molar-refractivity contribution >= 4 is 5.95 Å². The average molecular weight is 251 g/mol. The Bertz CT molecular complexity index is 367. The molecule has 1 heterocycles. The monoisotopic (exact) mass is 251 g/mol. The third-order valence-electron chi connectivity index (χ3n) is 2.91. The molecule has 1 aromatic heterocycles. The van der Waals surface area contributed by atoms with Gasteiger partial charge in [-0.05, 0) is 26.2 Å². The van der Waals surface area contributed by atoms with Gasteiger partial charge in [-0.2, -0.15) is 4.98 Å². The minimum atomic E-state index is 0.395. The fourth-order valence-corrected chi connectivity index (χ4v) is 1.94. The summed E-state index contributed by atoms with van der Waals surface area (Å²) in [6.45, 7) is 5.57. The normalized spacial score (nSPS) is 22.3. The number of hydrogen-bond donors (Lipinski definition) is 1. The quantitative estimate of drug-likeness (QED) is 0.805. The number of nitrogens with one attached hydrogen (secondary N) is 1. The maximum Gasteiger partial charge on any atom is 0.226 e. The molecule has 1 aliphatic rings. The van der Waals surface area contributed by atoms with E-state index in [4.69, 9.17) is 9.47 Å². The highest BCUT2D eigenvalue weighted by atomic mass is 16.5. The van der Waals surface area contributed by atoms with Gasteiger partial charge in [0.05, 0.1) is 12.7 Å². The van der Waals surface area contributed by atoms with Gasteiger partial charge in [0.2, 0.25) is 11.8 Å². The van der Waals surface area contributed by atoms with Crippen molar-refractivity contribution in [2.75, 3.05) is 18.5 Å². The van der Waals surface area contributed by atoms with Crippen molar-refractivity contribution in [1.82, 2.24) is 9.97 Å². The van der Waals surface area contributed by atoms with Crippen LogP contribution in [0.5, 0.6) is 5.88 Å². The van der Waals surface area contributed by atoms with Crippen LogP contribution in [0.15, 0.2) is 12.3 Å². The van der Waals surface area contributed by atoms with E-state index in [9.17, 15) is 0 Å². The van der Waals surface area contributed by atoms with E-state index in [-0.39, 0.29) is 0 Å². The van der Waals surface area contributed by atoms with Crippen molar-refractivity contribution in [2.45, 2.75) is 45.3 Å². The first-order valence-corrected chi connectivity index (χ1v) is 6.65. The highest BCUT2D eigenvalue weighted by molar-refractivity contribution is 5.30. The zero-order valence-electron chi connectivity index (χ0n) is 11.1. The second-order valence-electron chi connectivity index (χ2n) is 4.46. The van der Waals surface area contributed by atoms with Gasteiger partial charge in [0.25, 0.3) is 0 Å². The SMILES string of the molecule is CCCOc1ccnc(NC2CC(OCC)C2)n1. The van der Waals surface area contributed by atoms with E-state index in [1.54, 1.807) is 12.3 Å². The molecule has 0 aliphatic heterocycles. The first-order chi connectivity index (χ1) is 8.81. The summed E-state index contributed by atoms with van der Waals surface area (Å²) in [4.78, 5) is 8.52. The molecule has 2 rings (SSSR count). The Morgan fingerprint density at radius 1 is 1.39 bits per heavy atom. The molecule has 1 fully saturated rings. The molecule has 0 atom stereocenters. The van der Waals surface area contributed by atoms with Gasteiger partial charge in [0.1, 0.15) is 0 Å². The minimum Gasteiger partial charge on any atom is -0.478 e. The largest absolute Gasteiger partial charge is 0.478 e. The van der Waals surface area contributed by atoms with E-state index in [0.717, 1.165) is 25.9 Å². The van der Waals surface area contributed by atoms with Crippen LogP contribution in [0.3, 0.4) is 0 Å². The number of ether oxygens (including phenoxy) is 2. The van der Waals surface area contributed by atoms with Crippen LogP contribution in [0.4, 0.5) is 5.95 Å². The fourth-order valence-electron chi connectivity index (χ4n) is 1.94. The molecule has 0 saturated heterocycles. The molecule has 0 radical (unpaired) electrons. The molecule has 0 unspecified atom stereocenters. The number of hydrogen-bond acceptors (Lipinski definition) is 5. The summed E-state index contributed by atoms with van der Waals surface area (Å²) in [5, 5.41) is 3.30. The predicted octanol–water partition coefficient (Wildman–Crippen LogP) is 2.24. The summed E-state index contributed by atoms with van der Waals surface area (Å²) in [6, 6.07) is 2.20. The van der Waals surface area contributed by atoms with E-state index in [0.29, 0.717) is 30.6 Å². The molecule has 100 valence electrons. The van der Waals surface area contributed by atoms with Crippen LogP contribution in [-0.4, -0.2) is 35.3 Å². The Balaban J connectivity index is 1.79. The third kappa shape index (κ3) is 3.57. The number of rotatable bonds is 7.